The van der Waals surface area contributed by atoms with Crippen molar-refractivity contribution in [3.63, 3.8) is 0 Å². The third-order valence-electron chi connectivity index (χ3n) is 9.82. The van der Waals surface area contributed by atoms with Crippen molar-refractivity contribution in [1.29, 1.82) is 0 Å². The molecule has 1 heterocycles. The lowest BCUT2D eigenvalue weighted by Crippen LogP contribution is -2.92. The number of rotatable bonds is 9. The first-order valence-corrected chi connectivity index (χ1v) is 21.0. The maximum atomic E-state index is 14.9. The molecule has 1 aliphatic rings. The van der Waals surface area contributed by atoms with E-state index in [2.05, 4.69) is 186 Å². The zero-order chi connectivity index (χ0) is 32.7. The van der Waals surface area contributed by atoms with Crippen LogP contribution in [-0.4, -0.2) is 39.3 Å². The number of cyclic esters (lactones) is 1. The van der Waals surface area contributed by atoms with Gasteiger partial charge in [-0.25, -0.2) is 0 Å². The van der Waals surface area contributed by atoms with E-state index in [1.807, 2.05) is 0 Å². The Balaban J connectivity index is 1.74. The Hall–Kier alpha value is -4.82. The molecule has 238 valence electrons. The van der Waals surface area contributed by atoms with Gasteiger partial charge in [0.05, 0.1) is 12.6 Å². The predicted molar refractivity (Wildman–Crippen MR) is 203 cm³/mol. The van der Waals surface area contributed by atoms with Crippen molar-refractivity contribution in [2.24, 2.45) is 0 Å². The van der Waals surface area contributed by atoms with E-state index in [0.29, 0.717) is 6.61 Å². The third-order valence-corrected chi connectivity index (χ3v) is 20.9. The summed E-state index contributed by atoms with van der Waals surface area (Å²) in [5.74, 6) is -0.117. The molecule has 0 saturated carbocycles. The highest BCUT2D eigenvalue weighted by atomic mass is 28.4. The largest absolute Gasteiger partial charge is 0.465 e. The average molecular weight is 660 g/mol. The Morgan fingerprint density at radius 1 is 0.417 bits per heavy atom. The SMILES string of the molecule is O=C1OCCCCCC1N([Si](c1ccccc1)(c1ccccc1)c1ccccc1)[Si](c1ccccc1)(c1ccccc1)c1ccccc1. The van der Waals surface area contributed by atoms with Crippen molar-refractivity contribution in [2.75, 3.05) is 6.61 Å². The van der Waals surface area contributed by atoms with Gasteiger partial charge in [-0.15, -0.1) is 0 Å². The molecule has 1 saturated heterocycles. The lowest BCUT2D eigenvalue weighted by atomic mass is 10.1. The van der Waals surface area contributed by atoms with Gasteiger partial charge in [0.2, 0.25) is 16.5 Å². The summed E-state index contributed by atoms with van der Waals surface area (Å²) in [4.78, 5) is 14.9. The van der Waals surface area contributed by atoms with Crippen LogP contribution in [0.25, 0.3) is 0 Å². The van der Waals surface area contributed by atoms with Crippen LogP contribution >= 0.6 is 0 Å². The highest BCUT2D eigenvalue weighted by Gasteiger charge is 2.61. The highest BCUT2D eigenvalue weighted by Crippen LogP contribution is 2.29. The summed E-state index contributed by atoms with van der Waals surface area (Å²) < 4.78 is 9.06. The highest BCUT2D eigenvalue weighted by molar-refractivity contribution is 7.22. The van der Waals surface area contributed by atoms with E-state index in [-0.39, 0.29) is 5.97 Å². The fourth-order valence-corrected chi connectivity index (χ4v) is 21.3. The first-order chi connectivity index (χ1) is 23.8. The van der Waals surface area contributed by atoms with Crippen LogP contribution < -0.4 is 31.1 Å². The minimum Gasteiger partial charge on any atom is -0.465 e. The Bertz CT molecular complexity index is 1570. The molecular weight excluding hydrogens is 619 g/mol. The molecular formula is C43H41NO2Si2. The van der Waals surface area contributed by atoms with E-state index in [9.17, 15) is 4.79 Å². The van der Waals surface area contributed by atoms with E-state index in [0.717, 1.165) is 25.7 Å². The fourth-order valence-electron chi connectivity index (χ4n) is 7.87. The number of nitrogens with zero attached hydrogens (tertiary/aromatic N) is 1. The van der Waals surface area contributed by atoms with Crippen LogP contribution in [0.5, 0.6) is 0 Å². The standard InChI is InChI=1S/C43H41NO2Si2/c45-43-42(34-20-7-21-35-46-43)44(47(36-22-8-1-9-23-36,37-24-10-2-11-25-37)38-26-12-3-13-27-38)48(39-28-14-4-15-29-39,40-30-16-5-17-31-40)41-32-18-6-19-33-41/h1-6,8-19,22-33,42H,7,20-21,34-35H2. The zero-order valence-corrected chi connectivity index (χ0v) is 29.2. The van der Waals surface area contributed by atoms with E-state index in [1.54, 1.807) is 0 Å². The van der Waals surface area contributed by atoms with Gasteiger partial charge >= 0.3 is 5.97 Å². The summed E-state index contributed by atoms with van der Waals surface area (Å²) in [6.07, 6.45) is 3.61. The van der Waals surface area contributed by atoms with Crippen LogP contribution in [-0.2, 0) is 9.53 Å². The van der Waals surface area contributed by atoms with Gasteiger partial charge in [0, 0.05) is 0 Å². The van der Waals surface area contributed by atoms with E-state index < -0.39 is 22.5 Å². The van der Waals surface area contributed by atoms with Crippen LogP contribution in [0.3, 0.4) is 0 Å². The summed E-state index contributed by atoms with van der Waals surface area (Å²) in [5, 5.41) is 7.48. The van der Waals surface area contributed by atoms with Crippen molar-refractivity contribution in [1.82, 2.24) is 4.23 Å². The predicted octanol–water partition coefficient (Wildman–Crippen LogP) is 5.11. The van der Waals surface area contributed by atoms with Crippen molar-refractivity contribution >= 4 is 53.6 Å². The number of hydrogen-bond donors (Lipinski definition) is 0. The zero-order valence-electron chi connectivity index (χ0n) is 27.2. The molecule has 1 aliphatic heterocycles. The fraction of sp³-hybridized carbons (Fsp3) is 0.140. The molecule has 0 amide bonds. The molecule has 48 heavy (non-hydrogen) atoms. The molecule has 7 rings (SSSR count). The quantitative estimate of drug-likeness (QED) is 0.123. The number of benzene rings is 6. The van der Waals surface area contributed by atoms with Crippen LogP contribution in [0.2, 0.25) is 0 Å². The molecule has 0 bridgehead atoms. The van der Waals surface area contributed by atoms with Gasteiger partial charge in [0.1, 0.15) is 0 Å². The number of carbonyl (C=O) groups excluding carboxylic acids is 1. The van der Waals surface area contributed by atoms with Gasteiger partial charge in [-0.1, -0.05) is 188 Å². The van der Waals surface area contributed by atoms with Crippen molar-refractivity contribution < 1.29 is 9.53 Å². The first kappa shape index (κ1) is 31.8. The lowest BCUT2D eigenvalue weighted by Gasteiger charge is -2.56. The molecule has 1 unspecified atom stereocenters. The van der Waals surface area contributed by atoms with Gasteiger partial charge in [-0.2, -0.15) is 0 Å². The monoisotopic (exact) mass is 659 g/mol. The molecule has 0 aromatic heterocycles. The van der Waals surface area contributed by atoms with Gasteiger partial charge in [-0.3, -0.25) is 4.79 Å². The molecule has 1 fully saturated rings. The Labute approximate surface area is 286 Å². The average Bonchev–Trinajstić information content (AvgIpc) is 3.16. The summed E-state index contributed by atoms with van der Waals surface area (Å²) in [6.45, 7) is 0.455. The minimum atomic E-state index is -3.31. The Morgan fingerprint density at radius 3 is 1.00 bits per heavy atom. The number of esters is 1. The lowest BCUT2D eigenvalue weighted by molar-refractivity contribution is -0.148. The van der Waals surface area contributed by atoms with Crippen LogP contribution in [0.1, 0.15) is 25.7 Å². The van der Waals surface area contributed by atoms with Crippen molar-refractivity contribution in [3.05, 3.63) is 182 Å². The summed E-state index contributed by atoms with van der Waals surface area (Å²) in [7, 11) is -6.62. The van der Waals surface area contributed by atoms with Crippen LogP contribution in [0.4, 0.5) is 0 Å². The van der Waals surface area contributed by atoms with Gasteiger partial charge < -0.3 is 8.97 Å². The summed E-state index contributed by atoms with van der Waals surface area (Å²) in [5.41, 5.74) is 0. The van der Waals surface area contributed by atoms with E-state index in [4.69, 9.17) is 4.74 Å². The molecule has 1 atom stereocenters. The Kier molecular flexibility index (Phi) is 9.61. The molecule has 5 heteroatoms. The second-order valence-electron chi connectivity index (χ2n) is 12.5. The second kappa shape index (κ2) is 14.5. The number of carbonyl (C=O) groups is 1. The maximum Gasteiger partial charge on any atom is 0.322 e. The smallest absolute Gasteiger partial charge is 0.322 e. The molecule has 0 spiro atoms. The number of hydrogen-bond acceptors (Lipinski definition) is 3. The second-order valence-corrected chi connectivity index (χ2v) is 20.2. The van der Waals surface area contributed by atoms with Crippen LogP contribution in [0.15, 0.2) is 182 Å². The summed E-state index contributed by atoms with van der Waals surface area (Å²) in [6, 6.07) is 65.6. The van der Waals surface area contributed by atoms with E-state index >= 15 is 0 Å². The van der Waals surface area contributed by atoms with Crippen molar-refractivity contribution in [2.45, 2.75) is 31.7 Å². The van der Waals surface area contributed by atoms with Crippen LogP contribution in [0, 0.1) is 0 Å². The maximum absolute atomic E-state index is 14.9. The minimum absolute atomic E-state index is 0.117. The normalized spacial score (nSPS) is 15.7. The van der Waals surface area contributed by atoms with Gasteiger partial charge in [0.15, 0.2) is 0 Å². The molecule has 6 aromatic rings. The molecule has 0 radical (unpaired) electrons. The molecule has 0 aliphatic carbocycles. The third kappa shape index (κ3) is 5.68. The Morgan fingerprint density at radius 2 is 0.708 bits per heavy atom. The first-order valence-electron chi connectivity index (χ1n) is 17.1. The molecule has 0 N–H and O–H groups in total. The van der Waals surface area contributed by atoms with Crippen molar-refractivity contribution in [3.8, 4) is 0 Å². The molecule has 3 nitrogen and oxygen atoms in total. The summed E-state index contributed by atoms with van der Waals surface area (Å²) >= 11 is 0. The number of ether oxygens (including phenoxy) is 1. The molecule has 6 aromatic carbocycles. The van der Waals surface area contributed by atoms with E-state index in [1.165, 1.54) is 31.1 Å². The topological polar surface area (TPSA) is 29.5 Å². The van der Waals surface area contributed by atoms with Gasteiger partial charge in [-0.05, 0) is 50.4 Å². The van der Waals surface area contributed by atoms with Gasteiger partial charge in [0.25, 0.3) is 0 Å².